The zero-order chi connectivity index (χ0) is 21.3. The van der Waals surface area contributed by atoms with Crippen LogP contribution in [0.3, 0.4) is 0 Å². The lowest BCUT2D eigenvalue weighted by Gasteiger charge is -2.31. The van der Waals surface area contributed by atoms with E-state index in [1.54, 1.807) is 18.2 Å². The second-order valence-electron chi connectivity index (χ2n) is 6.66. The van der Waals surface area contributed by atoms with E-state index in [1.807, 2.05) is 38.1 Å². The van der Waals surface area contributed by atoms with Crippen molar-refractivity contribution in [2.75, 3.05) is 49.7 Å². The van der Waals surface area contributed by atoms with Gasteiger partial charge in [-0.05, 0) is 37.6 Å². The number of carbonyl (C=O) groups excluding carboxylic acids is 1. The number of nitrogens with one attached hydrogen (secondary N) is 1. The molecule has 7 heteroatoms. The first kappa shape index (κ1) is 22.0. The maximum atomic E-state index is 12.5. The highest BCUT2D eigenvalue weighted by atomic mass is 35.5. The van der Waals surface area contributed by atoms with Gasteiger partial charge in [0.25, 0.3) is 0 Å². The number of nitrogens with zero attached hydrogens (tertiary/aromatic N) is 1. The highest BCUT2D eigenvalue weighted by Crippen LogP contribution is 2.39. The molecular weight excluding hydrogens is 404 g/mol. The first-order valence-electron chi connectivity index (χ1n) is 10.1. The number of morpholine rings is 1. The molecule has 6 nitrogen and oxygen atoms in total. The van der Waals surface area contributed by atoms with E-state index in [2.05, 4.69) is 10.2 Å². The van der Waals surface area contributed by atoms with Gasteiger partial charge in [0.15, 0.2) is 0 Å². The van der Waals surface area contributed by atoms with E-state index in [0.717, 1.165) is 24.3 Å². The lowest BCUT2D eigenvalue weighted by atomic mass is 10.2. The van der Waals surface area contributed by atoms with Crippen molar-refractivity contribution in [3.05, 3.63) is 53.1 Å². The SMILES string of the molecule is CCOc1cc(N2CCOCC2)c(OCC)cc1NC(=O)C=Cc1ccc(Cl)cc1. The summed E-state index contributed by atoms with van der Waals surface area (Å²) >= 11 is 5.90. The Bertz CT molecular complexity index is 878. The van der Waals surface area contributed by atoms with Gasteiger partial charge in [-0.1, -0.05) is 23.7 Å². The Morgan fingerprint density at radius 3 is 2.43 bits per heavy atom. The molecule has 0 saturated carbocycles. The van der Waals surface area contributed by atoms with Gasteiger partial charge < -0.3 is 24.4 Å². The molecule has 0 unspecified atom stereocenters. The van der Waals surface area contributed by atoms with E-state index in [1.165, 1.54) is 6.08 Å². The largest absolute Gasteiger partial charge is 0.492 e. The highest BCUT2D eigenvalue weighted by Gasteiger charge is 2.20. The number of hydrogen-bond acceptors (Lipinski definition) is 5. The number of amides is 1. The molecule has 0 spiro atoms. The molecule has 0 atom stereocenters. The third-order valence-electron chi connectivity index (χ3n) is 4.57. The third kappa shape index (κ3) is 5.90. The number of ether oxygens (including phenoxy) is 3. The maximum absolute atomic E-state index is 12.5. The van der Waals surface area contributed by atoms with E-state index >= 15 is 0 Å². The summed E-state index contributed by atoms with van der Waals surface area (Å²) in [7, 11) is 0. The number of halogens is 1. The highest BCUT2D eigenvalue weighted by molar-refractivity contribution is 6.30. The molecule has 1 N–H and O–H groups in total. The van der Waals surface area contributed by atoms with Crippen LogP contribution in [0.5, 0.6) is 11.5 Å². The molecule has 0 aliphatic carbocycles. The summed E-state index contributed by atoms with van der Waals surface area (Å²) in [6.07, 6.45) is 3.22. The summed E-state index contributed by atoms with van der Waals surface area (Å²) in [5, 5.41) is 3.56. The van der Waals surface area contributed by atoms with E-state index in [-0.39, 0.29) is 5.91 Å². The van der Waals surface area contributed by atoms with Gasteiger partial charge in [-0.2, -0.15) is 0 Å². The Morgan fingerprint density at radius 1 is 1.10 bits per heavy atom. The van der Waals surface area contributed by atoms with E-state index in [9.17, 15) is 4.79 Å². The topological polar surface area (TPSA) is 60.0 Å². The molecule has 1 aliphatic rings. The number of hydrogen-bond donors (Lipinski definition) is 1. The van der Waals surface area contributed by atoms with Crippen LogP contribution in [0.2, 0.25) is 5.02 Å². The number of carbonyl (C=O) groups is 1. The zero-order valence-electron chi connectivity index (χ0n) is 17.3. The molecule has 1 amide bonds. The van der Waals surface area contributed by atoms with Gasteiger partial charge in [0.2, 0.25) is 5.91 Å². The lowest BCUT2D eigenvalue weighted by Crippen LogP contribution is -2.36. The van der Waals surface area contributed by atoms with Gasteiger partial charge in [-0.25, -0.2) is 0 Å². The van der Waals surface area contributed by atoms with Crippen molar-refractivity contribution in [1.29, 1.82) is 0 Å². The van der Waals surface area contributed by atoms with Crippen LogP contribution in [0.1, 0.15) is 19.4 Å². The maximum Gasteiger partial charge on any atom is 0.248 e. The minimum atomic E-state index is -0.257. The van der Waals surface area contributed by atoms with Crippen molar-refractivity contribution >= 4 is 35.0 Å². The summed E-state index contributed by atoms with van der Waals surface area (Å²) in [6.45, 7) is 7.76. The fraction of sp³-hybridized carbons (Fsp3) is 0.348. The van der Waals surface area contributed by atoms with E-state index < -0.39 is 0 Å². The van der Waals surface area contributed by atoms with Crippen LogP contribution >= 0.6 is 11.6 Å². The fourth-order valence-corrected chi connectivity index (χ4v) is 3.29. The Kier molecular flexibility index (Phi) is 7.99. The molecule has 30 heavy (non-hydrogen) atoms. The number of anilines is 2. The summed E-state index contributed by atoms with van der Waals surface area (Å²) < 4.78 is 17.1. The van der Waals surface area contributed by atoms with Crippen molar-refractivity contribution in [3.63, 3.8) is 0 Å². The van der Waals surface area contributed by atoms with Crippen LogP contribution in [0.4, 0.5) is 11.4 Å². The van der Waals surface area contributed by atoms with Gasteiger partial charge in [-0.15, -0.1) is 0 Å². The third-order valence-corrected chi connectivity index (χ3v) is 4.82. The van der Waals surface area contributed by atoms with Crippen LogP contribution in [-0.2, 0) is 9.53 Å². The minimum Gasteiger partial charge on any atom is -0.492 e. The Balaban J connectivity index is 1.83. The van der Waals surface area contributed by atoms with Crippen molar-refractivity contribution in [1.82, 2.24) is 0 Å². The molecule has 0 radical (unpaired) electrons. The summed E-state index contributed by atoms with van der Waals surface area (Å²) in [4.78, 5) is 14.7. The van der Waals surface area contributed by atoms with Crippen LogP contribution in [0.25, 0.3) is 6.08 Å². The van der Waals surface area contributed by atoms with Gasteiger partial charge in [0, 0.05) is 36.3 Å². The van der Waals surface area contributed by atoms with Crippen molar-refractivity contribution < 1.29 is 19.0 Å². The van der Waals surface area contributed by atoms with E-state index in [4.69, 9.17) is 25.8 Å². The first-order chi connectivity index (χ1) is 14.6. The molecule has 0 bridgehead atoms. The normalized spacial score (nSPS) is 14.0. The average Bonchev–Trinajstić information content (AvgIpc) is 2.76. The fourth-order valence-electron chi connectivity index (χ4n) is 3.16. The van der Waals surface area contributed by atoms with Crippen molar-refractivity contribution in [2.45, 2.75) is 13.8 Å². The standard InChI is InChI=1S/C23H27ClN2O4/c1-3-29-21-16-20(26-11-13-28-14-12-26)22(30-4-2)15-19(21)25-23(27)10-7-17-5-8-18(24)9-6-17/h5-10,15-16H,3-4,11-14H2,1-2H3,(H,25,27). The number of rotatable bonds is 8. The van der Waals surface area contributed by atoms with Gasteiger partial charge in [-0.3, -0.25) is 4.79 Å². The van der Waals surface area contributed by atoms with Crippen LogP contribution in [0.15, 0.2) is 42.5 Å². The predicted octanol–water partition coefficient (Wildman–Crippen LogP) is 4.63. The molecular formula is C23H27ClN2O4. The minimum absolute atomic E-state index is 0.257. The van der Waals surface area contributed by atoms with Crippen LogP contribution in [0, 0.1) is 0 Å². The van der Waals surface area contributed by atoms with Gasteiger partial charge >= 0.3 is 0 Å². The molecule has 1 saturated heterocycles. The van der Waals surface area contributed by atoms with Crippen LogP contribution in [-0.4, -0.2) is 45.4 Å². The lowest BCUT2D eigenvalue weighted by molar-refractivity contribution is -0.111. The quantitative estimate of drug-likeness (QED) is 0.619. The predicted molar refractivity (Wildman–Crippen MR) is 121 cm³/mol. The van der Waals surface area contributed by atoms with Crippen LogP contribution < -0.4 is 19.7 Å². The molecule has 160 valence electrons. The van der Waals surface area contributed by atoms with Crippen molar-refractivity contribution in [3.8, 4) is 11.5 Å². The molecule has 1 heterocycles. The average molecular weight is 431 g/mol. The summed E-state index contributed by atoms with van der Waals surface area (Å²) in [5.74, 6) is 1.06. The van der Waals surface area contributed by atoms with Gasteiger partial charge in [0.1, 0.15) is 11.5 Å². The first-order valence-corrected chi connectivity index (χ1v) is 10.5. The van der Waals surface area contributed by atoms with Crippen molar-refractivity contribution in [2.24, 2.45) is 0 Å². The summed E-state index contributed by atoms with van der Waals surface area (Å²) in [6, 6.07) is 11.0. The Labute approximate surface area is 182 Å². The molecule has 3 rings (SSSR count). The zero-order valence-corrected chi connectivity index (χ0v) is 18.1. The smallest absolute Gasteiger partial charge is 0.248 e. The Morgan fingerprint density at radius 2 is 1.77 bits per heavy atom. The second kappa shape index (κ2) is 10.9. The Hall–Kier alpha value is -2.70. The molecule has 0 aromatic heterocycles. The summed E-state index contributed by atoms with van der Waals surface area (Å²) in [5.41, 5.74) is 2.40. The second-order valence-corrected chi connectivity index (χ2v) is 7.09. The number of benzene rings is 2. The van der Waals surface area contributed by atoms with Gasteiger partial charge in [0.05, 0.1) is 37.8 Å². The molecule has 2 aromatic carbocycles. The molecule has 2 aromatic rings. The monoisotopic (exact) mass is 430 g/mol. The van der Waals surface area contributed by atoms with E-state index in [0.29, 0.717) is 48.6 Å². The molecule has 1 fully saturated rings. The molecule has 1 aliphatic heterocycles.